The Morgan fingerprint density at radius 2 is 1.38 bits per heavy atom. The highest BCUT2D eigenvalue weighted by atomic mass is 32.1. The standard InChI is InChI=1S/C42H70N16O14S2/c43-10-21-29(61)31(63)26(47)39(67-21)70-34-18(46)9-17(45)28(60)36(34)72-41-33(65)35(71-40-27(48)32(64)30(62)22(11-44)68-40)23(69-41)13-58-12-16(56-57-58)3-4-24(59)51-8-5-25-54-20(15-73-25)38-55-19(14-74-38)37(66)52-6-1-2-7-53-42(49)50/h12,14-15,17-18,21-23,26-36,39-41,60-65H,1-11,13,43-48H2,(H,51,59)(H,52,66)(H4,49,50,53). The van der Waals surface area contributed by atoms with Gasteiger partial charge in [-0.2, -0.15) is 0 Å². The molecule has 7 rings (SSSR count). The number of nitrogens with two attached hydrogens (primary N) is 8. The van der Waals surface area contributed by atoms with Gasteiger partial charge in [-0.05, 0) is 19.3 Å². The second kappa shape index (κ2) is 26.3. The van der Waals surface area contributed by atoms with Gasteiger partial charge >= 0.3 is 0 Å². The minimum atomic E-state index is -1.67. The topological polar surface area (TPSA) is 512 Å². The molecular weight excluding hydrogens is 1020 g/mol. The van der Waals surface area contributed by atoms with Crippen LogP contribution in [0.5, 0.6) is 0 Å². The van der Waals surface area contributed by atoms with E-state index in [0.29, 0.717) is 54.6 Å². The van der Waals surface area contributed by atoms with Crippen LogP contribution in [0.2, 0.25) is 0 Å². The van der Waals surface area contributed by atoms with E-state index in [1.54, 1.807) is 11.6 Å². The Morgan fingerprint density at radius 3 is 2.04 bits per heavy atom. The molecule has 1 saturated carbocycles. The van der Waals surface area contributed by atoms with Crippen molar-refractivity contribution in [2.75, 3.05) is 32.7 Å². The fourth-order valence-electron chi connectivity index (χ4n) is 8.87. The number of nitrogens with one attached hydrogen (secondary N) is 2. The third-order valence-electron chi connectivity index (χ3n) is 13.1. The van der Waals surface area contributed by atoms with E-state index in [9.17, 15) is 40.2 Å². The van der Waals surface area contributed by atoms with E-state index in [2.05, 4.69) is 35.9 Å². The molecule has 0 bridgehead atoms. The normalized spacial score (nSPS) is 35.4. The first-order valence-corrected chi connectivity index (χ1v) is 26.0. The zero-order valence-corrected chi connectivity index (χ0v) is 41.9. The van der Waals surface area contributed by atoms with Gasteiger partial charge in [0.25, 0.3) is 5.91 Å². The van der Waals surface area contributed by atoms with Gasteiger partial charge in [0, 0.05) is 81.0 Å². The van der Waals surface area contributed by atoms with Crippen LogP contribution < -0.4 is 56.5 Å². The summed E-state index contributed by atoms with van der Waals surface area (Å²) in [5, 5.41) is 84.6. The van der Waals surface area contributed by atoms with Gasteiger partial charge in [0.15, 0.2) is 24.8 Å². The number of ether oxygens (including phenoxy) is 6. The van der Waals surface area contributed by atoms with Gasteiger partial charge in [0.1, 0.15) is 83.5 Å². The number of aliphatic hydroxyl groups is 6. The zero-order chi connectivity index (χ0) is 53.4. The largest absolute Gasteiger partial charge is 0.389 e. The minimum absolute atomic E-state index is 0.0290. The second-order valence-electron chi connectivity index (χ2n) is 18.5. The number of aliphatic hydroxyl groups excluding tert-OH is 6. The first-order chi connectivity index (χ1) is 35.4. The fraction of sp³-hybridized carbons (Fsp3) is 0.738. The predicted molar refractivity (Wildman–Crippen MR) is 262 cm³/mol. The van der Waals surface area contributed by atoms with E-state index < -0.39 is 116 Å². The molecule has 0 radical (unpaired) electrons. The number of hydrogen-bond acceptors (Lipinski definition) is 27. The van der Waals surface area contributed by atoms with E-state index in [1.165, 1.54) is 27.4 Å². The maximum atomic E-state index is 12.9. The first-order valence-electron chi connectivity index (χ1n) is 24.2. The number of carbonyl (C=O) groups is 2. The summed E-state index contributed by atoms with van der Waals surface area (Å²) < 4.78 is 37.9. The van der Waals surface area contributed by atoms with Crippen LogP contribution in [0.1, 0.15) is 46.9 Å². The third kappa shape index (κ3) is 14.1. The van der Waals surface area contributed by atoms with Gasteiger partial charge in [-0.1, -0.05) is 5.21 Å². The average molecular weight is 1090 g/mol. The van der Waals surface area contributed by atoms with Crippen molar-refractivity contribution >= 4 is 40.4 Å². The van der Waals surface area contributed by atoms with Crippen LogP contribution in [0, 0.1) is 0 Å². The molecule has 1 aliphatic carbocycles. The quantitative estimate of drug-likeness (QED) is 0.0238. The molecule has 19 atom stereocenters. The summed E-state index contributed by atoms with van der Waals surface area (Å²) in [5.41, 5.74) is 48.8. The van der Waals surface area contributed by atoms with Crippen molar-refractivity contribution < 1.29 is 68.6 Å². The Labute approximate surface area is 432 Å². The van der Waals surface area contributed by atoms with E-state index in [4.69, 9.17) is 74.3 Å². The van der Waals surface area contributed by atoms with Crippen molar-refractivity contribution in [3.63, 3.8) is 0 Å². The average Bonchev–Trinajstić information content (AvgIpc) is 4.21. The van der Waals surface area contributed by atoms with E-state index in [1.807, 2.05) is 5.38 Å². The Morgan fingerprint density at radius 1 is 0.730 bits per heavy atom. The summed E-state index contributed by atoms with van der Waals surface area (Å²) in [6.07, 6.45) is -16.9. The summed E-state index contributed by atoms with van der Waals surface area (Å²) in [5.74, 6) is -0.510. The van der Waals surface area contributed by atoms with Gasteiger partial charge in [-0.3, -0.25) is 14.6 Å². The molecule has 74 heavy (non-hydrogen) atoms. The van der Waals surface area contributed by atoms with Crippen LogP contribution in [-0.2, 0) is 52.6 Å². The van der Waals surface area contributed by atoms with Gasteiger partial charge in [0.2, 0.25) is 5.91 Å². The molecule has 30 nitrogen and oxygen atoms in total. The smallest absolute Gasteiger partial charge is 0.270 e. The first kappa shape index (κ1) is 57.6. The SMILES string of the molecule is NCC1OC(OC2C(Cn3cc(CCC(=O)NCCc4nc(-c5nc(C(=O)NCCCCN=C(N)N)cs5)cs4)nn3)OC(OC3C(O)C(N)CC(N)C3OC3OC(CN)C(O)C(O)C3N)C2O)C(N)C(O)C1O. The molecular formula is C42H70N16O14S2. The van der Waals surface area contributed by atoms with Crippen LogP contribution >= 0.6 is 22.7 Å². The van der Waals surface area contributed by atoms with Crippen LogP contribution in [0.25, 0.3) is 10.7 Å². The number of unbranched alkanes of at least 4 members (excludes halogenated alkanes) is 1. The maximum absolute atomic E-state index is 12.9. The molecule has 3 aliphatic heterocycles. The van der Waals surface area contributed by atoms with Crippen molar-refractivity contribution in [2.45, 2.75) is 161 Å². The number of guanidine groups is 1. The molecule has 4 fully saturated rings. The maximum Gasteiger partial charge on any atom is 0.270 e. The molecule has 3 aromatic rings. The second-order valence-corrected chi connectivity index (χ2v) is 20.3. The summed E-state index contributed by atoms with van der Waals surface area (Å²) in [6, 6.07) is -4.43. The van der Waals surface area contributed by atoms with Gasteiger partial charge in [-0.25, -0.2) is 14.6 Å². The highest BCUT2D eigenvalue weighted by molar-refractivity contribution is 7.14. The summed E-state index contributed by atoms with van der Waals surface area (Å²) in [4.78, 5) is 38.5. The van der Waals surface area contributed by atoms with Crippen molar-refractivity contribution in [3.05, 3.63) is 33.4 Å². The van der Waals surface area contributed by atoms with Gasteiger partial charge < -0.3 is 116 Å². The molecule has 3 saturated heterocycles. The molecule has 3 aromatic heterocycles. The molecule has 414 valence electrons. The number of hydrogen-bond donors (Lipinski definition) is 16. The Bertz CT molecular complexity index is 2290. The number of carbonyl (C=O) groups excluding carboxylic acids is 2. The van der Waals surface area contributed by atoms with Crippen molar-refractivity contribution in [1.82, 2.24) is 35.6 Å². The highest BCUT2D eigenvalue weighted by Gasteiger charge is 2.54. The monoisotopic (exact) mass is 1090 g/mol. The third-order valence-corrected chi connectivity index (χ3v) is 14.9. The van der Waals surface area contributed by atoms with Crippen molar-refractivity contribution in [1.29, 1.82) is 0 Å². The van der Waals surface area contributed by atoms with Crippen LogP contribution in [0.4, 0.5) is 0 Å². The lowest BCUT2D eigenvalue weighted by Crippen LogP contribution is -2.68. The molecule has 32 heteroatoms. The Balaban J connectivity index is 0.946. The molecule has 0 aromatic carbocycles. The number of amides is 2. The van der Waals surface area contributed by atoms with Crippen molar-refractivity contribution in [2.24, 2.45) is 50.9 Å². The Hall–Kier alpha value is -4.11. The Kier molecular flexibility index (Phi) is 20.5. The lowest BCUT2D eigenvalue weighted by molar-refractivity contribution is -0.306. The fourth-order valence-corrected chi connectivity index (χ4v) is 10.5. The number of aromatic nitrogens is 5. The number of rotatable bonds is 23. The lowest BCUT2D eigenvalue weighted by atomic mass is 9.84. The number of thiazole rings is 2. The van der Waals surface area contributed by atoms with Crippen LogP contribution in [-0.4, -0.2) is 222 Å². The van der Waals surface area contributed by atoms with Crippen molar-refractivity contribution in [3.8, 4) is 10.7 Å². The van der Waals surface area contributed by atoms with E-state index in [-0.39, 0.29) is 56.7 Å². The number of nitrogens with zero attached hydrogens (tertiary/aromatic N) is 6. The van der Waals surface area contributed by atoms with Gasteiger partial charge in [-0.15, -0.1) is 27.8 Å². The van der Waals surface area contributed by atoms with Crippen LogP contribution in [0.15, 0.2) is 21.9 Å². The molecule has 0 spiro atoms. The minimum Gasteiger partial charge on any atom is -0.389 e. The summed E-state index contributed by atoms with van der Waals surface area (Å²) in [6.45, 7) is 0.703. The predicted octanol–water partition coefficient (Wildman–Crippen LogP) is -7.94. The number of aliphatic imine (C=N–C) groups is 1. The lowest BCUT2D eigenvalue weighted by Gasteiger charge is -2.47. The zero-order valence-electron chi connectivity index (χ0n) is 40.3. The summed E-state index contributed by atoms with van der Waals surface area (Å²) in [7, 11) is 0. The summed E-state index contributed by atoms with van der Waals surface area (Å²) >= 11 is 2.71. The van der Waals surface area contributed by atoms with E-state index in [0.717, 1.165) is 11.4 Å². The molecule has 24 N–H and O–H groups in total. The van der Waals surface area contributed by atoms with Crippen LogP contribution in [0.3, 0.4) is 0 Å². The number of aryl methyl sites for hydroxylation is 1. The van der Waals surface area contributed by atoms with E-state index >= 15 is 0 Å². The highest BCUT2D eigenvalue weighted by Crippen LogP contribution is 2.35. The molecule has 19 unspecified atom stereocenters. The molecule has 4 aliphatic rings. The van der Waals surface area contributed by atoms with Gasteiger partial charge in [0.05, 0.1) is 35.4 Å². The molecule has 2 amide bonds. The molecule has 6 heterocycles.